The summed E-state index contributed by atoms with van der Waals surface area (Å²) in [5, 5.41) is 19.9. The number of hydrogen-bond donors (Lipinski definition) is 3. The van der Waals surface area contributed by atoms with E-state index < -0.39 is 48.9 Å². The Kier molecular flexibility index (Phi) is 12.5. The van der Waals surface area contributed by atoms with Gasteiger partial charge in [0.15, 0.2) is 6.10 Å². The summed E-state index contributed by atoms with van der Waals surface area (Å²) in [6.07, 6.45) is -2.55. The molecule has 0 spiro atoms. The predicted octanol–water partition coefficient (Wildman–Crippen LogP) is 3.52. The Bertz CT molecular complexity index is 1430. The number of ether oxygens (including phenoxy) is 4. The van der Waals surface area contributed by atoms with Crippen molar-refractivity contribution in [2.24, 2.45) is 5.92 Å². The number of aliphatic hydroxyl groups excluding tert-OH is 1. The molecular formula is C30H34ClN3O10. The zero-order chi connectivity index (χ0) is 32.2. The number of carbonyl (C=O) groups excluding carboxylic acids is 4. The molecule has 236 valence electrons. The third-order valence-corrected chi connectivity index (χ3v) is 6.65. The molecule has 1 heterocycles. The maximum atomic E-state index is 12.9. The van der Waals surface area contributed by atoms with Crippen molar-refractivity contribution >= 4 is 35.5 Å². The Labute approximate surface area is 258 Å². The second-order valence-corrected chi connectivity index (χ2v) is 10.4. The molecule has 0 fully saturated rings. The van der Waals surface area contributed by atoms with Crippen LogP contribution in [0, 0.1) is 5.92 Å². The number of amides is 2. The third kappa shape index (κ3) is 9.99. The number of halogens is 1. The Morgan fingerprint density at radius 1 is 0.955 bits per heavy atom. The van der Waals surface area contributed by atoms with E-state index in [-0.39, 0.29) is 30.4 Å². The van der Waals surface area contributed by atoms with Gasteiger partial charge >= 0.3 is 18.0 Å². The minimum atomic E-state index is -1.69. The van der Waals surface area contributed by atoms with E-state index in [9.17, 15) is 24.3 Å². The van der Waals surface area contributed by atoms with E-state index in [0.29, 0.717) is 5.02 Å². The molecule has 44 heavy (non-hydrogen) atoms. The average molecular weight is 632 g/mol. The van der Waals surface area contributed by atoms with Gasteiger partial charge in [-0.15, -0.1) is 0 Å². The van der Waals surface area contributed by atoms with E-state index >= 15 is 0 Å². The highest BCUT2D eigenvalue weighted by Gasteiger charge is 2.28. The molecule has 0 bridgehead atoms. The number of hydrogen-bond acceptors (Lipinski definition) is 11. The van der Waals surface area contributed by atoms with Crippen molar-refractivity contribution in [1.29, 1.82) is 0 Å². The molecule has 14 heteroatoms. The van der Waals surface area contributed by atoms with Gasteiger partial charge in [-0.2, -0.15) is 0 Å². The maximum Gasteiger partial charge on any atom is 0.407 e. The monoisotopic (exact) mass is 631 g/mol. The van der Waals surface area contributed by atoms with Crippen LogP contribution in [0.3, 0.4) is 0 Å². The minimum absolute atomic E-state index is 0.1000. The van der Waals surface area contributed by atoms with E-state index in [4.69, 9.17) is 30.3 Å². The summed E-state index contributed by atoms with van der Waals surface area (Å²) < 4.78 is 24.3. The zero-order valence-electron chi connectivity index (χ0n) is 24.6. The van der Waals surface area contributed by atoms with E-state index in [1.54, 1.807) is 19.9 Å². The summed E-state index contributed by atoms with van der Waals surface area (Å²) in [5.74, 6) is -2.97. The molecule has 0 radical (unpaired) electrons. The van der Waals surface area contributed by atoms with Crippen LogP contribution in [0.4, 0.5) is 4.79 Å². The van der Waals surface area contributed by atoms with Gasteiger partial charge in [0, 0.05) is 17.5 Å². The Balaban J connectivity index is 1.65. The standard InChI is InChI=1S/C30H34ClN3O10/c1-17(2)26(33-30(39)41-4)29(38)43-16-42-28(37)23(35)14-22(32-27(36)24-15-25(40-3)34-44-24)12-18-8-10-19(11-9-18)20-6-5-7-21(31)13-20/h5-11,13,15,17,22-23,26,35H,12,14,16H2,1-4H3,(H,32,36)(H,33,39). The summed E-state index contributed by atoms with van der Waals surface area (Å²) in [7, 11) is 2.52. The smallest absolute Gasteiger partial charge is 0.407 e. The first kappa shape index (κ1) is 33.9. The number of nitrogens with zero attached hydrogens (tertiary/aromatic N) is 1. The lowest BCUT2D eigenvalue weighted by Crippen LogP contribution is -2.45. The lowest BCUT2D eigenvalue weighted by Gasteiger charge is -2.22. The molecule has 0 aliphatic rings. The molecule has 3 unspecified atom stereocenters. The molecule has 3 aromatic rings. The zero-order valence-corrected chi connectivity index (χ0v) is 25.3. The van der Waals surface area contributed by atoms with E-state index in [2.05, 4.69) is 20.5 Å². The van der Waals surface area contributed by atoms with Crippen LogP contribution in [-0.2, 0) is 30.2 Å². The fourth-order valence-electron chi connectivity index (χ4n) is 4.08. The maximum absolute atomic E-state index is 12.9. The molecular weight excluding hydrogens is 598 g/mol. The van der Waals surface area contributed by atoms with Crippen molar-refractivity contribution < 1.29 is 47.8 Å². The van der Waals surface area contributed by atoms with Crippen LogP contribution < -0.4 is 15.4 Å². The highest BCUT2D eigenvalue weighted by Crippen LogP contribution is 2.24. The summed E-state index contributed by atoms with van der Waals surface area (Å²) in [6, 6.07) is 14.3. The second kappa shape index (κ2) is 16.3. The number of aliphatic hydroxyl groups is 1. The lowest BCUT2D eigenvalue weighted by molar-refractivity contribution is -0.175. The number of methoxy groups -OCH3 is 2. The number of carbonyl (C=O) groups is 4. The van der Waals surface area contributed by atoms with E-state index in [1.807, 2.05) is 42.5 Å². The fraction of sp³-hybridized carbons (Fsp3) is 0.367. The molecule has 0 aliphatic carbocycles. The van der Waals surface area contributed by atoms with Crippen molar-refractivity contribution in [3.63, 3.8) is 0 Å². The molecule has 13 nitrogen and oxygen atoms in total. The van der Waals surface area contributed by atoms with E-state index in [0.717, 1.165) is 23.8 Å². The van der Waals surface area contributed by atoms with Crippen LogP contribution in [0.15, 0.2) is 59.1 Å². The Hall–Kier alpha value is -4.62. The summed E-state index contributed by atoms with van der Waals surface area (Å²) in [6.45, 7) is 2.54. The van der Waals surface area contributed by atoms with Gasteiger partial charge in [0.1, 0.15) is 6.04 Å². The van der Waals surface area contributed by atoms with Crippen molar-refractivity contribution in [1.82, 2.24) is 15.8 Å². The summed E-state index contributed by atoms with van der Waals surface area (Å²) >= 11 is 6.11. The van der Waals surface area contributed by atoms with Crippen LogP contribution in [0.2, 0.25) is 5.02 Å². The van der Waals surface area contributed by atoms with Crippen molar-refractivity contribution in [2.45, 2.75) is 44.9 Å². The molecule has 3 rings (SSSR count). The fourth-order valence-corrected chi connectivity index (χ4v) is 4.27. The first-order chi connectivity index (χ1) is 21.0. The van der Waals surface area contributed by atoms with Crippen LogP contribution in [-0.4, -0.2) is 73.4 Å². The Morgan fingerprint density at radius 2 is 1.66 bits per heavy atom. The quantitative estimate of drug-likeness (QED) is 0.175. The first-order valence-electron chi connectivity index (χ1n) is 13.5. The second-order valence-electron chi connectivity index (χ2n) is 9.97. The average Bonchev–Trinajstić information content (AvgIpc) is 3.49. The van der Waals surface area contributed by atoms with Crippen LogP contribution >= 0.6 is 11.6 Å². The highest BCUT2D eigenvalue weighted by atomic mass is 35.5. The van der Waals surface area contributed by atoms with Gasteiger partial charge in [0.25, 0.3) is 11.8 Å². The number of rotatable bonds is 14. The molecule has 1 aromatic heterocycles. The number of esters is 2. The number of nitrogens with one attached hydrogen (secondary N) is 2. The molecule has 0 aliphatic heterocycles. The van der Waals surface area contributed by atoms with Crippen LogP contribution in [0.1, 0.15) is 36.4 Å². The molecule has 0 saturated heterocycles. The van der Waals surface area contributed by atoms with Gasteiger partial charge in [-0.3, -0.25) is 4.79 Å². The van der Waals surface area contributed by atoms with Gasteiger partial charge in [-0.25, -0.2) is 14.4 Å². The van der Waals surface area contributed by atoms with E-state index in [1.165, 1.54) is 13.2 Å². The first-order valence-corrected chi connectivity index (χ1v) is 13.9. The van der Waals surface area contributed by atoms with Gasteiger partial charge in [-0.05, 0) is 46.3 Å². The third-order valence-electron chi connectivity index (χ3n) is 6.41. The highest BCUT2D eigenvalue weighted by molar-refractivity contribution is 6.30. The lowest BCUT2D eigenvalue weighted by atomic mass is 9.97. The predicted molar refractivity (Wildman–Crippen MR) is 157 cm³/mol. The normalized spacial score (nSPS) is 12.9. The minimum Gasteiger partial charge on any atom is -0.479 e. The largest absolute Gasteiger partial charge is 0.479 e. The number of aromatic nitrogens is 1. The Morgan fingerprint density at radius 3 is 2.27 bits per heavy atom. The van der Waals surface area contributed by atoms with Crippen molar-refractivity contribution in [3.8, 4) is 17.0 Å². The van der Waals surface area contributed by atoms with Crippen molar-refractivity contribution in [3.05, 3.63) is 70.9 Å². The van der Waals surface area contributed by atoms with Gasteiger partial charge < -0.3 is 39.2 Å². The molecule has 2 aromatic carbocycles. The number of benzene rings is 2. The van der Waals surface area contributed by atoms with Crippen molar-refractivity contribution in [2.75, 3.05) is 21.0 Å². The molecule has 2 amide bonds. The number of alkyl carbamates (subject to hydrolysis) is 1. The molecule has 3 atom stereocenters. The summed E-state index contributed by atoms with van der Waals surface area (Å²) in [4.78, 5) is 49.3. The molecule has 3 N–H and O–H groups in total. The SMILES string of the molecule is COC(=O)NC(C(=O)OCOC(=O)C(O)CC(Cc1ccc(-c2cccc(Cl)c2)cc1)NC(=O)c1cc(OC)no1)C(C)C. The van der Waals surface area contributed by atoms with Gasteiger partial charge in [0.05, 0.1) is 20.3 Å². The van der Waals surface area contributed by atoms with Gasteiger partial charge in [-0.1, -0.05) is 61.8 Å². The van der Waals surface area contributed by atoms with Gasteiger partial charge in [0.2, 0.25) is 12.6 Å². The van der Waals surface area contributed by atoms with Crippen LogP contribution in [0.25, 0.3) is 11.1 Å². The van der Waals surface area contributed by atoms with Crippen LogP contribution in [0.5, 0.6) is 5.88 Å². The topological polar surface area (TPSA) is 176 Å². The molecule has 0 saturated carbocycles. The summed E-state index contributed by atoms with van der Waals surface area (Å²) in [5.41, 5.74) is 2.64.